The quantitative estimate of drug-likeness (QED) is 0.673. The third-order valence-corrected chi connectivity index (χ3v) is 3.73. The number of hydrogen-bond donors (Lipinski definition) is 3. The Morgan fingerprint density at radius 1 is 1.04 bits per heavy atom. The molecule has 3 heterocycles. The first-order valence-corrected chi connectivity index (χ1v) is 8.43. The normalized spacial score (nSPS) is 14.9. The highest BCUT2D eigenvalue weighted by atomic mass is 19.4. The van der Waals surface area contributed by atoms with Crippen molar-refractivity contribution in [1.29, 1.82) is 0 Å². The Bertz CT molecular complexity index is 745. The Kier molecular flexibility index (Phi) is 5.84. The van der Waals surface area contributed by atoms with Crippen molar-refractivity contribution in [2.75, 3.05) is 48.3 Å². The second kappa shape index (κ2) is 8.29. The summed E-state index contributed by atoms with van der Waals surface area (Å²) in [6, 6.07) is 0. The molecule has 0 atom stereocenters. The minimum Gasteiger partial charge on any atom is -0.348 e. The van der Waals surface area contributed by atoms with Crippen LogP contribution in [-0.2, 0) is 6.54 Å². The summed E-state index contributed by atoms with van der Waals surface area (Å²) < 4.78 is 37.5. The summed E-state index contributed by atoms with van der Waals surface area (Å²) >= 11 is 0. The molecule has 1 saturated heterocycles. The number of alkyl halides is 3. The van der Waals surface area contributed by atoms with Gasteiger partial charge in [-0.25, -0.2) is 0 Å². The largest absolute Gasteiger partial charge is 0.405 e. The van der Waals surface area contributed by atoms with Crippen molar-refractivity contribution in [3.63, 3.8) is 0 Å². The highest BCUT2D eigenvalue weighted by Crippen LogP contribution is 2.18. The van der Waals surface area contributed by atoms with Crippen LogP contribution in [0, 0.1) is 6.92 Å². The topological polar surface area (TPSA) is 104 Å². The third kappa shape index (κ3) is 5.88. The third-order valence-electron chi connectivity index (χ3n) is 3.73. The lowest BCUT2D eigenvalue weighted by Gasteiger charge is -2.27. The van der Waals surface area contributed by atoms with E-state index < -0.39 is 12.7 Å². The highest BCUT2D eigenvalue weighted by molar-refractivity contribution is 5.44. The first kappa shape index (κ1) is 19.0. The SMILES string of the molecule is Cc1cnc(CNc2nc(NCC(F)(F)F)nc(N3CCNCC3)n2)cn1. The molecule has 146 valence electrons. The molecule has 2 aromatic heterocycles. The molecule has 0 spiro atoms. The van der Waals surface area contributed by atoms with Crippen LogP contribution in [0.3, 0.4) is 0 Å². The molecule has 0 bridgehead atoms. The molecular weight excluding hydrogens is 363 g/mol. The summed E-state index contributed by atoms with van der Waals surface area (Å²) in [5.41, 5.74) is 1.45. The van der Waals surface area contributed by atoms with Gasteiger partial charge in [0.1, 0.15) is 6.54 Å². The van der Waals surface area contributed by atoms with Crippen LogP contribution in [0.25, 0.3) is 0 Å². The lowest BCUT2D eigenvalue weighted by Crippen LogP contribution is -2.44. The number of nitrogens with one attached hydrogen (secondary N) is 3. The summed E-state index contributed by atoms with van der Waals surface area (Å²) in [5, 5.41) is 8.38. The molecule has 3 rings (SSSR count). The van der Waals surface area contributed by atoms with Gasteiger partial charge < -0.3 is 20.9 Å². The van der Waals surface area contributed by atoms with Gasteiger partial charge in [0.25, 0.3) is 0 Å². The van der Waals surface area contributed by atoms with Crippen molar-refractivity contribution in [1.82, 2.24) is 30.2 Å². The van der Waals surface area contributed by atoms with E-state index in [1.807, 2.05) is 11.8 Å². The first-order chi connectivity index (χ1) is 12.9. The van der Waals surface area contributed by atoms with Gasteiger partial charge in [0.05, 0.1) is 24.1 Å². The molecule has 0 aliphatic carbocycles. The van der Waals surface area contributed by atoms with Gasteiger partial charge in [-0.3, -0.25) is 9.97 Å². The van der Waals surface area contributed by atoms with Crippen LogP contribution in [0.1, 0.15) is 11.4 Å². The van der Waals surface area contributed by atoms with Crippen molar-refractivity contribution >= 4 is 17.8 Å². The van der Waals surface area contributed by atoms with E-state index in [-0.39, 0.29) is 18.4 Å². The van der Waals surface area contributed by atoms with Gasteiger partial charge in [-0.05, 0) is 6.92 Å². The lowest BCUT2D eigenvalue weighted by atomic mass is 10.4. The zero-order chi connectivity index (χ0) is 19.3. The Morgan fingerprint density at radius 2 is 1.74 bits per heavy atom. The predicted octanol–water partition coefficient (Wildman–Crippen LogP) is 0.966. The number of aryl methyl sites for hydroxylation is 1. The number of hydrogen-bond acceptors (Lipinski definition) is 9. The van der Waals surface area contributed by atoms with E-state index in [1.54, 1.807) is 12.4 Å². The molecule has 27 heavy (non-hydrogen) atoms. The van der Waals surface area contributed by atoms with Gasteiger partial charge in [-0.15, -0.1) is 0 Å². The second-order valence-corrected chi connectivity index (χ2v) is 5.99. The molecule has 12 heteroatoms. The van der Waals surface area contributed by atoms with Gasteiger partial charge in [0.2, 0.25) is 17.8 Å². The molecule has 1 fully saturated rings. The van der Waals surface area contributed by atoms with Crippen LogP contribution in [0.5, 0.6) is 0 Å². The lowest BCUT2D eigenvalue weighted by molar-refractivity contribution is -0.115. The van der Waals surface area contributed by atoms with Crippen molar-refractivity contribution < 1.29 is 13.2 Å². The molecule has 0 aromatic carbocycles. The number of aromatic nitrogens is 5. The summed E-state index contributed by atoms with van der Waals surface area (Å²) in [5.74, 6) is 0.368. The Labute approximate surface area is 153 Å². The van der Waals surface area contributed by atoms with Gasteiger partial charge in [-0.1, -0.05) is 0 Å². The van der Waals surface area contributed by atoms with Crippen molar-refractivity contribution in [2.24, 2.45) is 0 Å². The molecule has 0 radical (unpaired) electrons. The van der Waals surface area contributed by atoms with Crippen LogP contribution in [0.15, 0.2) is 12.4 Å². The van der Waals surface area contributed by atoms with Crippen molar-refractivity contribution in [3.8, 4) is 0 Å². The molecule has 1 aliphatic rings. The summed E-state index contributed by atoms with van der Waals surface area (Å²) in [6.45, 7) is 3.71. The smallest absolute Gasteiger partial charge is 0.348 e. The fourth-order valence-electron chi connectivity index (χ4n) is 2.39. The Hall–Kier alpha value is -2.76. The Balaban J connectivity index is 1.76. The van der Waals surface area contributed by atoms with Crippen molar-refractivity contribution in [2.45, 2.75) is 19.6 Å². The predicted molar refractivity (Wildman–Crippen MR) is 93.6 cm³/mol. The van der Waals surface area contributed by atoms with Gasteiger partial charge in [0, 0.05) is 32.4 Å². The number of anilines is 3. The number of piperazine rings is 1. The van der Waals surface area contributed by atoms with E-state index in [0.29, 0.717) is 24.7 Å². The van der Waals surface area contributed by atoms with Crippen LogP contribution >= 0.6 is 0 Å². The molecular formula is C15H20F3N9. The standard InChI is InChI=1S/C15H20F3N9/c1-10-6-21-11(7-20-10)8-22-12-24-13(23-9-15(16,17)18)26-14(25-12)27-4-2-19-3-5-27/h6-7,19H,2-5,8-9H2,1H3,(H2,22,23,24,25,26). The number of rotatable bonds is 6. The van der Waals surface area contributed by atoms with Gasteiger partial charge in [0.15, 0.2) is 0 Å². The minimum atomic E-state index is -4.37. The summed E-state index contributed by atoms with van der Waals surface area (Å²) in [4.78, 5) is 22.7. The van der Waals surface area contributed by atoms with Crippen LogP contribution in [0.4, 0.5) is 31.0 Å². The van der Waals surface area contributed by atoms with E-state index in [0.717, 1.165) is 18.8 Å². The average molecular weight is 383 g/mol. The monoisotopic (exact) mass is 383 g/mol. The van der Waals surface area contributed by atoms with Crippen LogP contribution in [0.2, 0.25) is 0 Å². The van der Waals surface area contributed by atoms with E-state index in [1.165, 1.54) is 0 Å². The maximum Gasteiger partial charge on any atom is 0.405 e. The minimum absolute atomic E-state index is 0.131. The molecule has 0 amide bonds. The van der Waals surface area contributed by atoms with Crippen LogP contribution in [-0.4, -0.2) is 63.8 Å². The maximum atomic E-state index is 12.5. The van der Waals surface area contributed by atoms with Crippen LogP contribution < -0.4 is 20.9 Å². The van der Waals surface area contributed by atoms with Crippen molar-refractivity contribution in [3.05, 3.63) is 23.8 Å². The zero-order valence-corrected chi connectivity index (χ0v) is 14.7. The Morgan fingerprint density at radius 3 is 2.37 bits per heavy atom. The average Bonchev–Trinajstić information content (AvgIpc) is 2.66. The molecule has 0 saturated carbocycles. The van der Waals surface area contributed by atoms with E-state index in [9.17, 15) is 13.2 Å². The molecule has 0 unspecified atom stereocenters. The summed E-state index contributed by atoms with van der Waals surface area (Å²) in [6.07, 6.45) is -1.12. The maximum absolute atomic E-state index is 12.5. The molecule has 3 N–H and O–H groups in total. The summed E-state index contributed by atoms with van der Waals surface area (Å²) in [7, 11) is 0. The van der Waals surface area contributed by atoms with Gasteiger partial charge >= 0.3 is 6.18 Å². The first-order valence-electron chi connectivity index (χ1n) is 8.43. The molecule has 9 nitrogen and oxygen atoms in total. The van der Waals surface area contributed by atoms with E-state index in [4.69, 9.17) is 0 Å². The molecule has 1 aliphatic heterocycles. The molecule has 2 aromatic rings. The van der Waals surface area contributed by atoms with E-state index >= 15 is 0 Å². The van der Waals surface area contributed by atoms with E-state index in [2.05, 4.69) is 40.9 Å². The number of nitrogens with zero attached hydrogens (tertiary/aromatic N) is 6. The number of halogens is 3. The fourth-order valence-corrected chi connectivity index (χ4v) is 2.39. The fraction of sp³-hybridized carbons (Fsp3) is 0.533. The highest BCUT2D eigenvalue weighted by Gasteiger charge is 2.27. The second-order valence-electron chi connectivity index (χ2n) is 5.99. The van der Waals surface area contributed by atoms with Gasteiger partial charge in [-0.2, -0.15) is 28.1 Å². The zero-order valence-electron chi connectivity index (χ0n) is 14.7.